The molecule has 0 radical (unpaired) electrons. The Morgan fingerprint density at radius 1 is 0.696 bits per heavy atom. The molecule has 1 aliphatic rings. The molecule has 0 unspecified atom stereocenters. The first-order valence-corrected chi connectivity index (χ1v) is 10.5. The lowest BCUT2D eigenvalue weighted by molar-refractivity contribution is 0.841. The fourth-order valence-electron chi connectivity index (χ4n) is 4.05. The highest BCUT2D eigenvalue weighted by atomic mass is 31.2. The average molecular weight is 317 g/mol. The molecule has 3 aromatic rings. The van der Waals surface area contributed by atoms with Gasteiger partial charge in [-0.05, 0) is 35.4 Å². The molecular formula is C22H22P+. The van der Waals surface area contributed by atoms with E-state index in [1.165, 1.54) is 12.3 Å². The van der Waals surface area contributed by atoms with Gasteiger partial charge >= 0.3 is 0 Å². The summed E-state index contributed by atoms with van der Waals surface area (Å²) in [4.78, 5) is 0. The van der Waals surface area contributed by atoms with Crippen molar-refractivity contribution in [3.8, 4) is 0 Å². The van der Waals surface area contributed by atoms with Crippen LogP contribution in [0.25, 0.3) is 0 Å². The van der Waals surface area contributed by atoms with Crippen LogP contribution in [0.2, 0.25) is 0 Å². The van der Waals surface area contributed by atoms with E-state index in [0.29, 0.717) is 5.92 Å². The highest BCUT2D eigenvalue weighted by Crippen LogP contribution is 2.64. The van der Waals surface area contributed by atoms with E-state index in [2.05, 4.69) is 91.9 Å². The second kappa shape index (κ2) is 5.95. The van der Waals surface area contributed by atoms with Crippen LogP contribution in [-0.2, 0) is 6.16 Å². The highest BCUT2D eigenvalue weighted by Gasteiger charge is 2.47. The molecule has 1 heteroatoms. The molecule has 0 aromatic heterocycles. The molecular weight excluding hydrogens is 295 g/mol. The summed E-state index contributed by atoms with van der Waals surface area (Å²) >= 11 is 0. The lowest BCUT2D eigenvalue weighted by atomic mass is 9.98. The van der Waals surface area contributed by atoms with Crippen LogP contribution in [0, 0.1) is 0 Å². The summed E-state index contributed by atoms with van der Waals surface area (Å²) in [5, 5.41) is 3.10. The topological polar surface area (TPSA) is 0 Å². The predicted molar refractivity (Wildman–Crippen MR) is 103 cm³/mol. The van der Waals surface area contributed by atoms with Crippen molar-refractivity contribution in [2.24, 2.45) is 0 Å². The third kappa shape index (κ3) is 2.52. The lowest BCUT2D eigenvalue weighted by Gasteiger charge is -2.35. The van der Waals surface area contributed by atoms with Crippen molar-refractivity contribution in [3.63, 3.8) is 0 Å². The lowest BCUT2D eigenvalue weighted by Crippen LogP contribution is -2.31. The monoisotopic (exact) mass is 317 g/mol. The smallest absolute Gasteiger partial charge is 0.0620 e. The van der Waals surface area contributed by atoms with E-state index in [-0.39, 0.29) is 0 Å². The SMILES string of the molecule is C[C@@H]1C[P+](c2ccccc2)(c2ccccc2)Cc2ccccc21. The molecule has 1 aliphatic heterocycles. The zero-order valence-electron chi connectivity index (χ0n) is 13.5. The van der Waals surface area contributed by atoms with Gasteiger partial charge in [-0.3, -0.25) is 0 Å². The molecule has 0 saturated heterocycles. The molecule has 0 amide bonds. The van der Waals surface area contributed by atoms with Crippen molar-refractivity contribution >= 4 is 17.9 Å². The fourth-order valence-corrected chi connectivity index (χ4v) is 8.75. The fraction of sp³-hybridized carbons (Fsp3) is 0.182. The van der Waals surface area contributed by atoms with Crippen LogP contribution in [0.5, 0.6) is 0 Å². The van der Waals surface area contributed by atoms with E-state index in [1.54, 1.807) is 21.7 Å². The maximum absolute atomic E-state index is 2.40. The highest BCUT2D eigenvalue weighted by molar-refractivity contribution is 7.89. The van der Waals surface area contributed by atoms with Crippen LogP contribution in [0.3, 0.4) is 0 Å². The zero-order valence-corrected chi connectivity index (χ0v) is 14.4. The van der Waals surface area contributed by atoms with E-state index in [9.17, 15) is 0 Å². The number of hydrogen-bond acceptors (Lipinski definition) is 0. The van der Waals surface area contributed by atoms with Crippen LogP contribution in [0.1, 0.15) is 24.0 Å². The Bertz CT molecular complexity index is 753. The van der Waals surface area contributed by atoms with Crippen molar-refractivity contribution in [2.75, 3.05) is 6.16 Å². The van der Waals surface area contributed by atoms with Crippen LogP contribution in [-0.4, -0.2) is 6.16 Å². The molecule has 0 saturated carbocycles. The van der Waals surface area contributed by atoms with Gasteiger partial charge in [-0.15, -0.1) is 0 Å². The molecule has 23 heavy (non-hydrogen) atoms. The van der Waals surface area contributed by atoms with Gasteiger partial charge < -0.3 is 0 Å². The summed E-state index contributed by atoms with van der Waals surface area (Å²) in [6.07, 6.45) is 2.47. The largest absolute Gasteiger partial charge is 0.0995 e. The summed E-state index contributed by atoms with van der Waals surface area (Å²) in [5.74, 6) is 0.619. The minimum absolute atomic E-state index is 0.619. The Morgan fingerprint density at radius 2 is 1.22 bits per heavy atom. The summed E-state index contributed by atoms with van der Waals surface area (Å²) in [6, 6.07) is 31.5. The summed E-state index contributed by atoms with van der Waals surface area (Å²) in [6.45, 7) is 2.40. The van der Waals surface area contributed by atoms with Crippen molar-refractivity contribution < 1.29 is 0 Å². The molecule has 3 aromatic carbocycles. The summed E-state index contributed by atoms with van der Waals surface area (Å²) < 4.78 is 0. The van der Waals surface area contributed by atoms with Gasteiger partial charge in [0.2, 0.25) is 0 Å². The molecule has 0 aliphatic carbocycles. The van der Waals surface area contributed by atoms with Gasteiger partial charge in [0.15, 0.2) is 0 Å². The number of hydrogen-bond donors (Lipinski definition) is 0. The molecule has 114 valence electrons. The second-order valence-electron chi connectivity index (χ2n) is 6.58. The number of benzene rings is 3. The Kier molecular flexibility index (Phi) is 3.79. The predicted octanol–water partition coefficient (Wildman–Crippen LogP) is 4.97. The molecule has 0 bridgehead atoms. The van der Waals surface area contributed by atoms with Gasteiger partial charge in [0.1, 0.15) is 0 Å². The van der Waals surface area contributed by atoms with Gasteiger partial charge in [-0.25, -0.2) is 0 Å². The maximum Gasteiger partial charge on any atom is 0.0995 e. The molecule has 4 rings (SSSR count). The molecule has 0 spiro atoms. The van der Waals surface area contributed by atoms with Crippen molar-refractivity contribution in [2.45, 2.75) is 19.0 Å². The second-order valence-corrected chi connectivity index (χ2v) is 10.2. The standard InChI is InChI=1S/C22H22P/c1-18-16-23(20-11-4-2-5-12-20,21-13-6-3-7-14-21)17-19-10-8-9-15-22(18)19/h2-15,18H,16-17H2,1H3/q+1/t18-/m1/s1. The Labute approximate surface area is 139 Å². The van der Waals surface area contributed by atoms with Crippen molar-refractivity contribution in [1.82, 2.24) is 0 Å². The average Bonchev–Trinajstić information content (AvgIpc) is 2.63. The first kappa shape index (κ1) is 14.7. The zero-order chi connectivity index (χ0) is 15.7. The minimum atomic E-state index is -1.38. The van der Waals surface area contributed by atoms with E-state index in [0.717, 1.165) is 0 Å². The van der Waals surface area contributed by atoms with Crippen molar-refractivity contribution in [1.29, 1.82) is 0 Å². The summed E-state index contributed by atoms with van der Waals surface area (Å²) in [5.41, 5.74) is 3.10. The van der Waals surface area contributed by atoms with E-state index < -0.39 is 7.26 Å². The molecule has 0 fully saturated rings. The van der Waals surface area contributed by atoms with Crippen LogP contribution in [0.15, 0.2) is 84.9 Å². The molecule has 1 heterocycles. The first-order chi connectivity index (χ1) is 11.3. The van der Waals surface area contributed by atoms with Gasteiger partial charge in [0, 0.05) is 5.92 Å². The number of rotatable bonds is 2. The minimum Gasteiger partial charge on any atom is -0.0620 e. The normalized spacial score (nSPS) is 19.1. The quantitative estimate of drug-likeness (QED) is 0.585. The Morgan fingerprint density at radius 3 is 1.83 bits per heavy atom. The third-order valence-electron chi connectivity index (χ3n) is 5.11. The molecule has 1 atom stereocenters. The Balaban J connectivity index is 1.92. The molecule has 0 N–H and O–H groups in total. The van der Waals surface area contributed by atoms with Crippen LogP contribution in [0.4, 0.5) is 0 Å². The maximum atomic E-state index is 2.40. The van der Waals surface area contributed by atoms with Gasteiger partial charge in [-0.1, -0.05) is 67.6 Å². The number of fused-ring (bicyclic) bond motifs is 1. The third-order valence-corrected chi connectivity index (χ3v) is 9.74. The van der Waals surface area contributed by atoms with Gasteiger partial charge in [0.25, 0.3) is 0 Å². The van der Waals surface area contributed by atoms with E-state index in [1.807, 2.05) is 0 Å². The van der Waals surface area contributed by atoms with Gasteiger partial charge in [-0.2, -0.15) is 0 Å². The van der Waals surface area contributed by atoms with Gasteiger partial charge in [0.05, 0.1) is 30.2 Å². The van der Waals surface area contributed by atoms with E-state index >= 15 is 0 Å². The molecule has 0 nitrogen and oxygen atoms in total. The first-order valence-electron chi connectivity index (χ1n) is 8.36. The summed E-state index contributed by atoms with van der Waals surface area (Å²) in [7, 11) is -1.38. The van der Waals surface area contributed by atoms with Crippen LogP contribution >= 0.6 is 7.26 Å². The van der Waals surface area contributed by atoms with Crippen LogP contribution < -0.4 is 10.6 Å². The Hall–Kier alpha value is -1.91. The van der Waals surface area contributed by atoms with E-state index in [4.69, 9.17) is 0 Å². The van der Waals surface area contributed by atoms with Crippen molar-refractivity contribution in [3.05, 3.63) is 96.1 Å².